The number of nitrogens with zero attached hydrogens (tertiary/aromatic N) is 2. The third kappa shape index (κ3) is 2.32. The molecule has 84 valence electrons. The maximum Gasteiger partial charge on any atom is 0.126 e. The molecule has 1 aromatic carbocycles. The van der Waals surface area contributed by atoms with Gasteiger partial charge in [0.25, 0.3) is 0 Å². The molecule has 1 N–H and O–H groups in total. The van der Waals surface area contributed by atoms with Gasteiger partial charge in [-0.3, -0.25) is 0 Å². The summed E-state index contributed by atoms with van der Waals surface area (Å²) < 4.78 is 23.4. The Morgan fingerprint density at radius 1 is 1.38 bits per heavy atom. The molecule has 0 fully saturated rings. The smallest absolute Gasteiger partial charge is 0.126 e. The third-order valence-corrected chi connectivity index (χ3v) is 3.62. The molecule has 1 aromatic heterocycles. The molecule has 4 nitrogen and oxygen atoms in total. The fourth-order valence-corrected chi connectivity index (χ4v) is 2.39. The Hall–Kier alpha value is -1.59. The topological polar surface area (TPSA) is 55.1 Å². The molecule has 5 heteroatoms. The van der Waals surface area contributed by atoms with Crippen LogP contribution in [0.4, 0.5) is 0 Å². The van der Waals surface area contributed by atoms with Crippen LogP contribution in [0, 0.1) is 6.92 Å². The number of imidazole rings is 1. The highest BCUT2D eigenvalue weighted by molar-refractivity contribution is 7.96. The Morgan fingerprint density at radius 2 is 2.06 bits per heavy atom. The lowest BCUT2D eigenvalue weighted by Crippen LogP contribution is -2.08. The summed E-state index contributed by atoms with van der Waals surface area (Å²) in [5.41, 5.74) is 2.31. The first-order valence-corrected chi connectivity index (χ1v) is 6.31. The highest BCUT2D eigenvalue weighted by atomic mass is 32.2. The summed E-state index contributed by atoms with van der Waals surface area (Å²) in [5.74, 6) is 0. The number of hydrogen-bond acceptors (Lipinski definition) is 2. The van der Waals surface area contributed by atoms with E-state index in [-0.39, 0.29) is 0 Å². The summed E-state index contributed by atoms with van der Waals surface area (Å²) in [7, 11) is -3.15. The molecule has 1 unspecified atom stereocenters. The molecule has 0 saturated carbocycles. The number of aryl methyl sites for hydroxylation is 1. The van der Waals surface area contributed by atoms with Crippen molar-refractivity contribution in [3.63, 3.8) is 0 Å². The lowest BCUT2D eigenvalue weighted by atomic mass is 10.2. The molecule has 0 aliphatic rings. The summed E-state index contributed by atoms with van der Waals surface area (Å²) in [6.45, 7) is 1.93. The van der Waals surface area contributed by atoms with Gasteiger partial charge in [-0.25, -0.2) is 9.19 Å². The first-order chi connectivity index (χ1) is 7.58. The van der Waals surface area contributed by atoms with Crippen molar-refractivity contribution in [2.75, 3.05) is 0 Å². The summed E-state index contributed by atoms with van der Waals surface area (Å²) in [6.07, 6.45) is 4.65. The molecule has 2 rings (SSSR count). The Balaban J connectivity index is 2.47. The predicted octanol–water partition coefficient (Wildman–Crippen LogP) is 1.62. The van der Waals surface area contributed by atoms with Crippen LogP contribution < -0.4 is 0 Å². The highest BCUT2D eigenvalue weighted by Crippen LogP contribution is 2.10. The highest BCUT2D eigenvalue weighted by Gasteiger charge is 2.05. The van der Waals surface area contributed by atoms with Crippen LogP contribution in [-0.2, 0) is 9.80 Å². The van der Waals surface area contributed by atoms with Crippen LogP contribution in [0.3, 0.4) is 0 Å². The Labute approximate surface area is 94.4 Å². The van der Waals surface area contributed by atoms with E-state index in [0.29, 0.717) is 4.90 Å². The number of rotatable bonds is 2. The van der Waals surface area contributed by atoms with Gasteiger partial charge in [-0.15, -0.1) is 0 Å². The molecular formula is C11H12N2O2S. The van der Waals surface area contributed by atoms with Gasteiger partial charge in [-0.2, -0.15) is 0 Å². The van der Waals surface area contributed by atoms with E-state index in [4.69, 9.17) is 0 Å². The van der Waals surface area contributed by atoms with E-state index in [9.17, 15) is 8.76 Å². The molecule has 2 aromatic rings. The monoisotopic (exact) mass is 236 g/mol. The molecule has 0 spiro atoms. The van der Waals surface area contributed by atoms with Crippen molar-refractivity contribution < 1.29 is 8.76 Å². The number of aromatic nitrogens is 2. The van der Waals surface area contributed by atoms with E-state index >= 15 is 0 Å². The van der Waals surface area contributed by atoms with Gasteiger partial charge in [0.1, 0.15) is 9.80 Å². The Morgan fingerprint density at radius 3 is 2.62 bits per heavy atom. The molecule has 0 aliphatic heterocycles. The normalized spacial score (nSPS) is 14.4. The van der Waals surface area contributed by atoms with Gasteiger partial charge in [-0.1, -0.05) is 17.7 Å². The molecule has 0 aliphatic carbocycles. The van der Waals surface area contributed by atoms with Crippen molar-refractivity contribution in [1.82, 2.24) is 9.55 Å². The molecule has 1 heterocycles. The minimum Gasteiger partial charge on any atom is -0.309 e. The molecule has 0 bridgehead atoms. The van der Waals surface area contributed by atoms with Crippen molar-refractivity contribution in [2.24, 2.45) is 0 Å². The van der Waals surface area contributed by atoms with Crippen molar-refractivity contribution in [1.29, 1.82) is 0 Å². The van der Waals surface area contributed by atoms with Crippen LogP contribution in [-0.4, -0.2) is 23.8 Å². The van der Waals surface area contributed by atoms with Crippen molar-refractivity contribution in [2.45, 2.75) is 11.8 Å². The Bertz CT molecular complexity index is 579. The van der Waals surface area contributed by atoms with Gasteiger partial charge in [0.05, 0.1) is 16.7 Å². The Kier molecular flexibility index (Phi) is 2.80. The third-order valence-electron chi connectivity index (χ3n) is 2.15. The first-order valence-electron chi connectivity index (χ1n) is 4.73. The van der Waals surface area contributed by atoms with Crippen molar-refractivity contribution in [3.8, 4) is 0 Å². The fourth-order valence-electron chi connectivity index (χ4n) is 1.29. The zero-order chi connectivity index (χ0) is 11.6. The predicted molar refractivity (Wildman–Crippen MR) is 63.9 cm³/mol. The van der Waals surface area contributed by atoms with E-state index in [1.54, 1.807) is 24.5 Å². The molecule has 1 atom stereocenters. The van der Waals surface area contributed by atoms with Crippen molar-refractivity contribution in [3.05, 3.63) is 48.5 Å². The average Bonchev–Trinajstić information content (AvgIpc) is 2.70. The number of benzene rings is 1. The van der Waals surface area contributed by atoms with E-state index in [1.807, 2.05) is 19.1 Å². The summed E-state index contributed by atoms with van der Waals surface area (Å²) in [5, 5.41) is 0. The van der Waals surface area contributed by atoms with Crippen LogP contribution >= 0.6 is 0 Å². The van der Waals surface area contributed by atoms with Gasteiger partial charge >= 0.3 is 0 Å². The van der Waals surface area contributed by atoms with E-state index < -0.39 is 9.80 Å². The van der Waals surface area contributed by atoms with Gasteiger partial charge < -0.3 is 9.12 Å². The summed E-state index contributed by atoms with van der Waals surface area (Å²) in [4.78, 5) is 4.20. The van der Waals surface area contributed by atoms with Crippen LogP contribution in [0.5, 0.6) is 0 Å². The largest absolute Gasteiger partial charge is 0.309 e. The van der Waals surface area contributed by atoms with Crippen LogP contribution in [0.25, 0.3) is 0 Å². The fraction of sp³-hybridized carbons (Fsp3) is 0.0909. The second-order valence-electron chi connectivity index (χ2n) is 3.50. The van der Waals surface area contributed by atoms with Crippen LogP contribution in [0.1, 0.15) is 5.56 Å². The van der Waals surface area contributed by atoms with Crippen LogP contribution in [0.15, 0.2) is 47.9 Å². The van der Waals surface area contributed by atoms with Gasteiger partial charge in [0.2, 0.25) is 0 Å². The maximum atomic E-state index is 12.0. The second kappa shape index (κ2) is 4.11. The van der Waals surface area contributed by atoms with E-state index in [0.717, 1.165) is 5.56 Å². The first kappa shape index (κ1) is 10.9. The minimum absolute atomic E-state index is 0.395. The second-order valence-corrected chi connectivity index (χ2v) is 5.32. The van der Waals surface area contributed by atoms with Gasteiger partial charge in [0.15, 0.2) is 0 Å². The molecule has 16 heavy (non-hydrogen) atoms. The van der Waals surface area contributed by atoms with E-state index in [2.05, 4.69) is 4.98 Å². The SMILES string of the molecule is Cc1ccc(S(=O)(O)=Cn2ccnc2)cc1. The van der Waals surface area contributed by atoms with Gasteiger partial charge in [-0.05, 0) is 19.1 Å². The molecule has 0 radical (unpaired) electrons. The number of hydrogen-bond donors (Lipinski definition) is 1. The minimum atomic E-state index is -3.15. The van der Waals surface area contributed by atoms with E-state index in [1.165, 1.54) is 16.4 Å². The summed E-state index contributed by atoms with van der Waals surface area (Å²) in [6, 6.07) is 6.94. The quantitative estimate of drug-likeness (QED) is 0.806. The van der Waals surface area contributed by atoms with Crippen molar-refractivity contribution >= 4 is 15.3 Å². The maximum absolute atomic E-state index is 12.0. The molecular weight excluding hydrogens is 224 g/mol. The van der Waals surface area contributed by atoms with Gasteiger partial charge in [0, 0.05) is 12.4 Å². The lowest BCUT2D eigenvalue weighted by Gasteiger charge is -2.04. The lowest BCUT2D eigenvalue weighted by molar-refractivity contribution is 0.559. The summed E-state index contributed by atoms with van der Waals surface area (Å²) >= 11 is 0. The standard InChI is InChI=1S/C11H12N2O2S/c1-10-2-4-11(5-3-10)16(14,15)9-13-7-6-12-8-13/h2-9H,1H3,(H,14,15). The molecule has 0 amide bonds. The zero-order valence-electron chi connectivity index (χ0n) is 8.78. The molecule has 0 saturated heterocycles. The zero-order valence-corrected chi connectivity index (χ0v) is 9.59. The average molecular weight is 236 g/mol. The van der Waals surface area contributed by atoms with Crippen LogP contribution in [0.2, 0.25) is 0 Å².